The zero-order chi connectivity index (χ0) is 12.9. The van der Waals surface area contributed by atoms with Crippen molar-refractivity contribution in [3.05, 3.63) is 37.1 Å². The fourth-order valence-electron chi connectivity index (χ4n) is 1.79. The van der Waals surface area contributed by atoms with E-state index in [-0.39, 0.29) is 0 Å². The molecule has 0 aliphatic rings. The van der Waals surface area contributed by atoms with Gasteiger partial charge in [-0.05, 0) is 17.9 Å². The van der Waals surface area contributed by atoms with E-state index in [2.05, 4.69) is 32.0 Å². The molecule has 1 heteroatoms. The van der Waals surface area contributed by atoms with Gasteiger partial charge in [0.15, 0.2) is 0 Å². The first-order valence-electron chi connectivity index (χ1n) is 6.72. The third-order valence-corrected chi connectivity index (χ3v) is 2.96. The van der Waals surface area contributed by atoms with Crippen LogP contribution in [0.1, 0.15) is 52.4 Å². The SMILES string of the molecule is C=C/C=N\C=C(/C=C)C(C)CCCCCCC. The van der Waals surface area contributed by atoms with Gasteiger partial charge in [0.2, 0.25) is 0 Å². The molecule has 0 aromatic heterocycles. The number of unbranched alkanes of at least 4 members (excludes halogenated alkanes) is 4. The maximum absolute atomic E-state index is 4.16. The lowest BCUT2D eigenvalue weighted by Gasteiger charge is -2.11. The van der Waals surface area contributed by atoms with Gasteiger partial charge in [-0.1, -0.05) is 71.3 Å². The minimum absolute atomic E-state index is 0.552. The van der Waals surface area contributed by atoms with Crippen molar-refractivity contribution in [2.24, 2.45) is 10.9 Å². The summed E-state index contributed by atoms with van der Waals surface area (Å²) < 4.78 is 0. The first-order valence-corrected chi connectivity index (χ1v) is 6.72. The quantitative estimate of drug-likeness (QED) is 0.275. The molecule has 0 aliphatic heterocycles. The van der Waals surface area contributed by atoms with Crippen LogP contribution in [0.3, 0.4) is 0 Å². The summed E-state index contributed by atoms with van der Waals surface area (Å²) in [7, 11) is 0. The molecule has 0 aromatic carbocycles. The molecule has 0 fully saturated rings. The highest BCUT2D eigenvalue weighted by Crippen LogP contribution is 2.19. The van der Waals surface area contributed by atoms with Crippen LogP contribution in [-0.2, 0) is 0 Å². The van der Waals surface area contributed by atoms with Crippen LogP contribution in [0.5, 0.6) is 0 Å². The van der Waals surface area contributed by atoms with E-state index in [0.29, 0.717) is 5.92 Å². The van der Waals surface area contributed by atoms with E-state index in [9.17, 15) is 0 Å². The van der Waals surface area contributed by atoms with Crippen molar-refractivity contribution in [2.45, 2.75) is 52.4 Å². The minimum atomic E-state index is 0.552. The predicted molar refractivity (Wildman–Crippen MR) is 79.5 cm³/mol. The standard InChI is InChI=1S/C16H27N/c1-5-8-9-10-11-12-15(4)16(7-3)14-17-13-6-2/h6-7,13-15H,2-3,5,8-12H2,1,4H3/b16-14+,17-13-. The van der Waals surface area contributed by atoms with Crippen LogP contribution in [0.2, 0.25) is 0 Å². The van der Waals surface area contributed by atoms with E-state index < -0.39 is 0 Å². The molecule has 96 valence electrons. The summed E-state index contributed by atoms with van der Waals surface area (Å²) in [6.45, 7) is 11.9. The zero-order valence-corrected chi connectivity index (χ0v) is 11.5. The van der Waals surface area contributed by atoms with Crippen molar-refractivity contribution in [1.29, 1.82) is 0 Å². The summed E-state index contributed by atoms with van der Waals surface area (Å²) in [4.78, 5) is 4.16. The molecule has 0 saturated heterocycles. The Morgan fingerprint density at radius 1 is 1.18 bits per heavy atom. The average molecular weight is 233 g/mol. The summed E-state index contributed by atoms with van der Waals surface area (Å²) in [6, 6.07) is 0. The van der Waals surface area contributed by atoms with Gasteiger partial charge in [0.25, 0.3) is 0 Å². The minimum Gasteiger partial charge on any atom is -0.264 e. The van der Waals surface area contributed by atoms with Crippen LogP contribution < -0.4 is 0 Å². The Kier molecular flexibility index (Phi) is 10.6. The van der Waals surface area contributed by atoms with E-state index in [4.69, 9.17) is 0 Å². The van der Waals surface area contributed by atoms with Gasteiger partial charge in [0.1, 0.15) is 0 Å². The third-order valence-electron chi connectivity index (χ3n) is 2.96. The number of nitrogens with zero attached hydrogens (tertiary/aromatic N) is 1. The molecule has 0 aliphatic carbocycles. The smallest absolute Gasteiger partial charge is 0.0302 e. The van der Waals surface area contributed by atoms with Crippen molar-refractivity contribution in [3.8, 4) is 0 Å². The molecular formula is C16H27N. The lowest BCUT2D eigenvalue weighted by atomic mass is 9.95. The molecule has 0 heterocycles. The molecule has 0 saturated carbocycles. The van der Waals surface area contributed by atoms with Crippen LogP contribution >= 0.6 is 0 Å². The van der Waals surface area contributed by atoms with Crippen molar-refractivity contribution in [3.63, 3.8) is 0 Å². The lowest BCUT2D eigenvalue weighted by Crippen LogP contribution is -1.97. The van der Waals surface area contributed by atoms with Gasteiger partial charge in [-0.25, -0.2) is 0 Å². The first kappa shape index (κ1) is 15.9. The molecule has 0 radical (unpaired) electrons. The second-order valence-electron chi connectivity index (χ2n) is 4.47. The highest BCUT2D eigenvalue weighted by atomic mass is 14.7. The number of hydrogen-bond acceptors (Lipinski definition) is 1. The van der Waals surface area contributed by atoms with Gasteiger partial charge < -0.3 is 0 Å². The Morgan fingerprint density at radius 2 is 1.88 bits per heavy atom. The summed E-state index contributed by atoms with van der Waals surface area (Å²) in [5.41, 5.74) is 1.22. The van der Waals surface area contributed by atoms with Crippen LogP contribution in [-0.4, -0.2) is 6.21 Å². The Hall–Kier alpha value is -1.11. The molecule has 1 nitrogen and oxygen atoms in total. The maximum Gasteiger partial charge on any atom is 0.0302 e. The highest BCUT2D eigenvalue weighted by molar-refractivity contribution is 5.70. The van der Waals surface area contributed by atoms with E-state index in [0.717, 1.165) is 0 Å². The van der Waals surface area contributed by atoms with Gasteiger partial charge in [0.05, 0.1) is 0 Å². The number of allylic oxidation sites excluding steroid dienone is 3. The maximum atomic E-state index is 4.16. The summed E-state index contributed by atoms with van der Waals surface area (Å²) >= 11 is 0. The van der Waals surface area contributed by atoms with Gasteiger partial charge in [-0.2, -0.15) is 0 Å². The Labute approximate surface area is 107 Å². The lowest BCUT2D eigenvalue weighted by molar-refractivity contribution is 0.539. The van der Waals surface area contributed by atoms with Crippen LogP contribution in [0, 0.1) is 5.92 Å². The number of aliphatic imine (C=N–C) groups is 1. The number of hydrogen-bond donors (Lipinski definition) is 0. The number of rotatable bonds is 10. The largest absolute Gasteiger partial charge is 0.264 e. The second kappa shape index (κ2) is 11.4. The molecular weight excluding hydrogens is 206 g/mol. The van der Waals surface area contributed by atoms with Crippen molar-refractivity contribution in [1.82, 2.24) is 0 Å². The van der Waals surface area contributed by atoms with E-state index in [1.165, 1.54) is 44.1 Å². The van der Waals surface area contributed by atoms with Crippen LogP contribution in [0.15, 0.2) is 42.1 Å². The predicted octanol–water partition coefficient (Wildman–Crippen LogP) is 5.31. The molecule has 1 atom stereocenters. The molecule has 0 bridgehead atoms. The molecule has 0 amide bonds. The fourth-order valence-corrected chi connectivity index (χ4v) is 1.79. The first-order chi connectivity index (χ1) is 8.26. The zero-order valence-electron chi connectivity index (χ0n) is 11.5. The van der Waals surface area contributed by atoms with Gasteiger partial charge in [0, 0.05) is 12.4 Å². The summed E-state index contributed by atoms with van der Waals surface area (Å²) in [5, 5.41) is 0. The van der Waals surface area contributed by atoms with Gasteiger partial charge >= 0.3 is 0 Å². The summed E-state index contributed by atoms with van der Waals surface area (Å²) in [5.74, 6) is 0.552. The third kappa shape index (κ3) is 8.67. The topological polar surface area (TPSA) is 12.4 Å². The van der Waals surface area contributed by atoms with E-state index in [1.807, 2.05) is 12.3 Å². The fraction of sp³-hybridized carbons (Fsp3) is 0.562. The Balaban J connectivity index is 3.95. The van der Waals surface area contributed by atoms with Crippen molar-refractivity contribution < 1.29 is 0 Å². The van der Waals surface area contributed by atoms with Gasteiger partial charge in [-0.3, -0.25) is 4.99 Å². The normalized spacial score (nSPS) is 13.9. The molecule has 0 aromatic rings. The highest BCUT2D eigenvalue weighted by Gasteiger charge is 2.04. The summed E-state index contributed by atoms with van der Waals surface area (Å²) in [6.07, 6.45) is 15.1. The monoisotopic (exact) mass is 233 g/mol. The van der Waals surface area contributed by atoms with E-state index in [1.54, 1.807) is 12.3 Å². The van der Waals surface area contributed by atoms with Crippen molar-refractivity contribution in [2.75, 3.05) is 0 Å². The second-order valence-corrected chi connectivity index (χ2v) is 4.47. The van der Waals surface area contributed by atoms with Crippen molar-refractivity contribution >= 4 is 6.21 Å². The molecule has 1 unspecified atom stereocenters. The molecule has 0 rings (SSSR count). The van der Waals surface area contributed by atoms with Gasteiger partial charge in [-0.15, -0.1) is 0 Å². The molecule has 0 spiro atoms. The molecule has 17 heavy (non-hydrogen) atoms. The Bertz CT molecular complexity index is 261. The average Bonchev–Trinajstić information content (AvgIpc) is 2.34. The van der Waals surface area contributed by atoms with Crippen LogP contribution in [0.4, 0.5) is 0 Å². The Morgan fingerprint density at radius 3 is 2.47 bits per heavy atom. The molecule has 0 N–H and O–H groups in total. The van der Waals surface area contributed by atoms with E-state index >= 15 is 0 Å². The van der Waals surface area contributed by atoms with Crippen LogP contribution in [0.25, 0.3) is 0 Å².